The zero-order valence-electron chi connectivity index (χ0n) is 19.7. The van der Waals surface area contributed by atoms with Crippen molar-refractivity contribution in [1.82, 2.24) is 14.4 Å². The molecule has 6 nitrogen and oxygen atoms in total. The monoisotopic (exact) mass is 467 g/mol. The fourth-order valence-electron chi connectivity index (χ4n) is 4.77. The van der Waals surface area contributed by atoms with E-state index in [9.17, 15) is 13.6 Å². The van der Waals surface area contributed by atoms with Gasteiger partial charge in [-0.05, 0) is 58.2 Å². The van der Waals surface area contributed by atoms with Gasteiger partial charge in [0, 0.05) is 35.0 Å². The molecular formula is C26H27F2N3O3. The summed E-state index contributed by atoms with van der Waals surface area (Å²) in [7, 11) is 0. The lowest BCUT2D eigenvalue weighted by atomic mass is 9.90. The SMILES string of the molecule is Cc1nc2c(-c3ccc(F)cc3F)nc(C3=CC(C4COC(C)(C)C4)OCC3)cn2c(=O)c1C. The number of benzene rings is 1. The predicted molar refractivity (Wildman–Crippen MR) is 125 cm³/mol. The van der Waals surface area contributed by atoms with Crippen molar-refractivity contribution < 1.29 is 18.3 Å². The lowest BCUT2D eigenvalue weighted by Gasteiger charge is -2.26. The zero-order valence-corrected chi connectivity index (χ0v) is 19.7. The predicted octanol–water partition coefficient (Wildman–Crippen LogP) is 4.64. The molecular weight excluding hydrogens is 440 g/mol. The lowest BCUT2D eigenvalue weighted by Crippen LogP contribution is -2.28. The summed E-state index contributed by atoms with van der Waals surface area (Å²) in [6.07, 6.45) is 5.04. The Morgan fingerprint density at radius 1 is 1.18 bits per heavy atom. The van der Waals surface area contributed by atoms with Gasteiger partial charge in [-0.2, -0.15) is 0 Å². The summed E-state index contributed by atoms with van der Waals surface area (Å²) in [6, 6.07) is 3.32. The van der Waals surface area contributed by atoms with Crippen molar-refractivity contribution in [3.05, 3.63) is 69.4 Å². The average molecular weight is 468 g/mol. The lowest BCUT2D eigenvalue weighted by molar-refractivity contribution is 0.0200. The largest absolute Gasteiger partial charge is 0.375 e. The van der Waals surface area contributed by atoms with Gasteiger partial charge in [-0.3, -0.25) is 9.20 Å². The Balaban J connectivity index is 1.68. The van der Waals surface area contributed by atoms with Crippen LogP contribution in [0.3, 0.4) is 0 Å². The second-order valence-electron chi connectivity index (χ2n) is 9.73. The number of fused-ring (bicyclic) bond motifs is 1. The number of hydrogen-bond donors (Lipinski definition) is 0. The Hall–Kier alpha value is -2.97. The van der Waals surface area contributed by atoms with Crippen molar-refractivity contribution in [1.29, 1.82) is 0 Å². The van der Waals surface area contributed by atoms with Crippen molar-refractivity contribution in [3.63, 3.8) is 0 Å². The van der Waals surface area contributed by atoms with E-state index < -0.39 is 11.6 Å². The number of halogens is 2. The Labute approximate surface area is 196 Å². The molecule has 5 rings (SSSR count). The van der Waals surface area contributed by atoms with Crippen LogP contribution in [0.2, 0.25) is 0 Å². The fourth-order valence-corrected chi connectivity index (χ4v) is 4.77. The van der Waals surface area contributed by atoms with Gasteiger partial charge in [0.25, 0.3) is 5.56 Å². The average Bonchev–Trinajstić information content (AvgIpc) is 3.17. The number of aromatic nitrogens is 3. The molecule has 0 bridgehead atoms. The van der Waals surface area contributed by atoms with Gasteiger partial charge in [0.1, 0.15) is 17.3 Å². The molecule has 2 aliphatic heterocycles. The minimum atomic E-state index is -0.761. The molecule has 0 saturated carbocycles. The zero-order chi connectivity index (χ0) is 24.2. The molecule has 2 atom stereocenters. The Morgan fingerprint density at radius 2 is 1.97 bits per heavy atom. The number of aryl methyl sites for hydroxylation is 1. The fraction of sp³-hybridized carbons (Fsp3) is 0.423. The third-order valence-electron chi connectivity index (χ3n) is 6.75. The highest BCUT2D eigenvalue weighted by Crippen LogP contribution is 2.36. The molecule has 0 aliphatic carbocycles. The van der Waals surface area contributed by atoms with Gasteiger partial charge in [0.05, 0.1) is 30.6 Å². The third-order valence-corrected chi connectivity index (χ3v) is 6.75. The number of ether oxygens (including phenoxy) is 2. The molecule has 3 aromatic rings. The van der Waals surface area contributed by atoms with Gasteiger partial charge >= 0.3 is 0 Å². The molecule has 0 spiro atoms. The number of hydrogen-bond acceptors (Lipinski definition) is 5. The van der Waals surface area contributed by atoms with Crippen molar-refractivity contribution in [2.45, 2.75) is 52.2 Å². The summed E-state index contributed by atoms with van der Waals surface area (Å²) < 4.78 is 41.8. The Morgan fingerprint density at radius 3 is 2.68 bits per heavy atom. The van der Waals surface area contributed by atoms with Crippen LogP contribution in [0, 0.1) is 31.4 Å². The molecule has 8 heteroatoms. The van der Waals surface area contributed by atoms with Gasteiger partial charge in [0.15, 0.2) is 5.65 Å². The second-order valence-corrected chi connectivity index (χ2v) is 9.73. The normalized spacial score (nSPS) is 22.2. The van der Waals surface area contributed by atoms with E-state index in [1.165, 1.54) is 16.5 Å². The molecule has 2 unspecified atom stereocenters. The van der Waals surface area contributed by atoms with Crippen LogP contribution in [0.4, 0.5) is 8.78 Å². The maximum absolute atomic E-state index is 14.8. The van der Waals surface area contributed by atoms with Gasteiger partial charge in [-0.15, -0.1) is 0 Å². The first-order chi connectivity index (χ1) is 16.1. The molecule has 0 radical (unpaired) electrons. The van der Waals surface area contributed by atoms with Crippen molar-refractivity contribution in [2.75, 3.05) is 13.2 Å². The highest BCUT2D eigenvalue weighted by molar-refractivity contribution is 5.77. The molecule has 1 fully saturated rings. The molecule has 2 aromatic heterocycles. The van der Waals surface area contributed by atoms with E-state index in [0.717, 1.165) is 18.1 Å². The molecule has 34 heavy (non-hydrogen) atoms. The Kier molecular flexibility index (Phi) is 5.61. The van der Waals surface area contributed by atoms with Crippen molar-refractivity contribution in [3.8, 4) is 11.3 Å². The van der Waals surface area contributed by atoms with E-state index in [4.69, 9.17) is 14.5 Å². The quantitative estimate of drug-likeness (QED) is 0.562. The number of nitrogens with zero attached hydrogens (tertiary/aromatic N) is 3. The van der Waals surface area contributed by atoms with Gasteiger partial charge in [0.2, 0.25) is 0 Å². The van der Waals surface area contributed by atoms with Crippen LogP contribution in [0.25, 0.3) is 22.5 Å². The first kappa shape index (κ1) is 22.8. The molecule has 4 heterocycles. The summed E-state index contributed by atoms with van der Waals surface area (Å²) in [5.41, 5.74) is 2.59. The van der Waals surface area contributed by atoms with Crippen LogP contribution in [-0.2, 0) is 9.47 Å². The summed E-state index contributed by atoms with van der Waals surface area (Å²) in [4.78, 5) is 22.4. The van der Waals surface area contributed by atoms with Crippen LogP contribution in [0.1, 0.15) is 43.6 Å². The summed E-state index contributed by atoms with van der Waals surface area (Å²) >= 11 is 0. The topological polar surface area (TPSA) is 65.7 Å². The van der Waals surface area contributed by atoms with Crippen LogP contribution in [0.5, 0.6) is 0 Å². The minimum absolute atomic E-state index is 0.0889. The first-order valence-corrected chi connectivity index (χ1v) is 11.5. The van der Waals surface area contributed by atoms with Gasteiger partial charge < -0.3 is 9.47 Å². The van der Waals surface area contributed by atoms with Gasteiger partial charge in [-0.25, -0.2) is 18.7 Å². The highest BCUT2D eigenvalue weighted by atomic mass is 19.1. The molecule has 0 N–H and O–H groups in total. The summed E-state index contributed by atoms with van der Waals surface area (Å²) in [5, 5.41) is 0. The van der Waals surface area contributed by atoms with Crippen LogP contribution < -0.4 is 5.56 Å². The molecule has 1 saturated heterocycles. The van der Waals surface area contributed by atoms with E-state index >= 15 is 0 Å². The summed E-state index contributed by atoms with van der Waals surface area (Å²) in [6.45, 7) is 8.69. The molecule has 2 aliphatic rings. The number of rotatable bonds is 3. The van der Waals surface area contributed by atoms with Crippen LogP contribution in [0.15, 0.2) is 35.3 Å². The smallest absolute Gasteiger partial charge is 0.261 e. The first-order valence-electron chi connectivity index (χ1n) is 11.5. The Bertz CT molecular complexity index is 1380. The standard InChI is InChI=1S/C26H27F2N3O3/c1-14-15(2)29-24-23(19-6-5-18(27)10-20(19)28)30-21(12-31(24)25(14)32)16-7-8-33-22(9-16)17-11-26(3,4)34-13-17/h5-6,9-10,12,17,22H,7-8,11,13H2,1-4H3. The van der Waals surface area contributed by atoms with E-state index in [2.05, 4.69) is 18.8 Å². The van der Waals surface area contributed by atoms with Crippen molar-refractivity contribution >= 4 is 11.2 Å². The third kappa shape index (κ3) is 4.05. The van der Waals surface area contributed by atoms with Gasteiger partial charge in [-0.1, -0.05) is 6.08 Å². The maximum atomic E-state index is 14.8. The second kappa shape index (κ2) is 8.36. The molecule has 178 valence electrons. The van der Waals surface area contributed by atoms with Crippen LogP contribution >= 0.6 is 0 Å². The minimum Gasteiger partial charge on any atom is -0.375 e. The summed E-state index contributed by atoms with van der Waals surface area (Å²) in [5.74, 6) is -1.23. The van der Waals surface area contributed by atoms with Crippen molar-refractivity contribution in [2.24, 2.45) is 5.92 Å². The van der Waals surface area contributed by atoms with E-state index in [1.54, 1.807) is 20.0 Å². The van der Waals surface area contributed by atoms with Crippen LogP contribution in [-0.4, -0.2) is 39.3 Å². The van der Waals surface area contributed by atoms with E-state index in [0.29, 0.717) is 36.6 Å². The van der Waals surface area contributed by atoms with E-state index in [-0.39, 0.29) is 40.1 Å². The molecule has 1 aromatic carbocycles. The highest BCUT2D eigenvalue weighted by Gasteiger charge is 2.37. The maximum Gasteiger partial charge on any atom is 0.261 e. The van der Waals surface area contributed by atoms with E-state index in [1.807, 2.05) is 6.08 Å². The molecule has 0 amide bonds.